The number of benzene rings is 3. The fourth-order valence-electron chi connectivity index (χ4n) is 2.87. The second-order valence-corrected chi connectivity index (χ2v) is 6.97. The summed E-state index contributed by atoms with van der Waals surface area (Å²) in [6, 6.07) is 19.6. The van der Waals surface area contributed by atoms with Crippen molar-refractivity contribution in [2.75, 3.05) is 23.8 Å². The molecule has 0 atom stereocenters. The molecule has 2 amide bonds. The summed E-state index contributed by atoms with van der Waals surface area (Å²) in [5.74, 6) is -0.725. The molecule has 3 rings (SSSR count). The molecule has 3 aromatic carbocycles. The topological polar surface area (TPSA) is 114 Å². The van der Waals surface area contributed by atoms with Gasteiger partial charge in [-0.25, -0.2) is 4.79 Å². The molecule has 0 unspecified atom stereocenters. The van der Waals surface area contributed by atoms with Crippen LogP contribution >= 0.6 is 0 Å². The van der Waals surface area contributed by atoms with E-state index in [4.69, 9.17) is 14.6 Å². The number of hydrogen-bond acceptors (Lipinski definition) is 6. The van der Waals surface area contributed by atoms with E-state index in [-0.39, 0.29) is 18.1 Å². The van der Waals surface area contributed by atoms with Crippen LogP contribution in [0.2, 0.25) is 0 Å². The summed E-state index contributed by atoms with van der Waals surface area (Å²) in [6.07, 6.45) is 0. The maximum Gasteiger partial charge on any atom is 0.338 e. The van der Waals surface area contributed by atoms with Crippen molar-refractivity contribution in [1.82, 2.24) is 0 Å². The van der Waals surface area contributed by atoms with Crippen molar-refractivity contribution < 1.29 is 29.0 Å². The third kappa shape index (κ3) is 6.91. The number of carbonyl (C=O) groups is 3. The van der Waals surface area contributed by atoms with Crippen LogP contribution in [0.25, 0.3) is 0 Å². The van der Waals surface area contributed by atoms with Crippen molar-refractivity contribution in [1.29, 1.82) is 0 Å². The summed E-state index contributed by atoms with van der Waals surface area (Å²) < 4.78 is 10.4. The molecule has 0 aliphatic heterocycles. The third-order valence-electron chi connectivity index (χ3n) is 4.56. The summed E-state index contributed by atoms with van der Waals surface area (Å²) in [6.45, 7) is 1.88. The molecule has 33 heavy (non-hydrogen) atoms. The van der Waals surface area contributed by atoms with Crippen LogP contribution in [0.15, 0.2) is 72.8 Å². The van der Waals surface area contributed by atoms with Crippen LogP contribution in [0, 0.1) is 0 Å². The molecule has 170 valence electrons. The number of nitrogens with one attached hydrogen (secondary N) is 2. The van der Waals surface area contributed by atoms with E-state index in [9.17, 15) is 14.4 Å². The fourth-order valence-corrected chi connectivity index (χ4v) is 2.87. The van der Waals surface area contributed by atoms with E-state index in [0.29, 0.717) is 29.1 Å². The first-order valence-corrected chi connectivity index (χ1v) is 10.3. The van der Waals surface area contributed by atoms with Gasteiger partial charge >= 0.3 is 5.97 Å². The first-order valence-electron chi connectivity index (χ1n) is 10.3. The van der Waals surface area contributed by atoms with E-state index < -0.39 is 18.5 Å². The van der Waals surface area contributed by atoms with Crippen LogP contribution in [0.1, 0.15) is 33.2 Å². The molecule has 0 saturated carbocycles. The highest BCUT2D eigenvalue weighted by Crippen LogP contribution is 2.17. The van der Waals surface area contributed by atoms with Crippen LogP contribution in [0.3, 0.4) is 0 Å². The van der Waals surface area contributed by atoms with Gasteiger partial charge in [-0.15, -0.1) is 0 Å². The Morgan fingerprint density at radius 2 is 1.36 bits per heavy atom. The van der Waals surface area contributed by atoms with Crippen LogP contribution in [0.4, 0.5) is 11.4 Å². The normalized spacial score (nSPS) is 10.2. The van der Waals surface area contributed by atoms with Gasteiger partial charge in [0.25, 0.3) is 11.8 Å². The molecule has 3 N–H and O–H groups in total. The van der Waals surface area contributed by atoms with E-state index in [0.717, 1.165) is 5.75 Å². The average molecular weight is 448 g/mol. The zero-order valence-electron chi connectivity index (χ0n) is 18.0. The maximum absolute atomic E-state index is 12.4. The first kappa shape index (κ1) is 23.5. The number of aliphatic hydroxyl groups excluding tert-OH is 1. The minimum atomic E-state index is -0.643. The number of amides is 2. The molecular formula is C25H24N2O6. The Bertz CT molecular complexity index is 1090. The Hall–Kier alpha value is -4.17. The zero-order chi connectivity index (χ0) is 23.6. The molecule has 0 aliphatic carbocycles. The summed E-state index contributed by atoms with van der Waals surface area (Å²) in [7, 11) is 0. The fraction of sp³-hybridized carbons (Fsp3) is 0.160. The second kappa shape index (κ2) is 11.4. The van der Waals surface area contributed by atoms with Crippen molar-refractivity contribution in [2.24, 2.45) is 0 Å². The molecule has 0 saturated heterocycles. The predicted molar refractivity (Wildman–Crippen MR) is 123 cm³/mol. The quantitative estimate of drug-likeness (QED) is 0.431. The predicted octanol–water partition coefficient (Wildman–Crippen LogP) is 3.63. The van der Waals surface area contributed by atoms with Gasteiger partial charge in [-0.2, -0.15) is 0 Å². The lowest BCUT2D eigenvalue weighted by molar-refractivity contribution is -0.119. The monoisotopic (exact) mass is 448 g/mol. The number of aliphatic hydroxyl groups is 1. The molecule has 3 aromatic rings. The van der Waals surface area contributed by atoms with E-state index >= 15 is 0 Å². The summed E-state index contributed by atoms with van der Waals surface area (Å²) in [4.78, 5) is 36.5. The summed E-state index contributed by atoms with van der Waals surface area (Å²) in [5, 5.41) is 14.4. The van der Waals surface area contributed by atoms with Gasteiger partial charge in [0.05, 0.1) is 18.8 Å². The van der Waals surface area contributed by atoms with Crippen LogP contribution in [0.5, 0.6) is 5.75 Å². The van der Waals surface area contributed by atoms with Crippen LogP contribution in [-0.4, -0.2) is 36.1 Å². The molecule has 0 fully saturated rings. The highest BCUT2D eigenvalue weighted by molar-refractivity contribution is 6.04. The number of anilines is 2. The SMILES string of the molecule is CCOc1ccc(NC(=O)c2ccc(NC(=O)COC(=O)c3ccc(CO)cc3)cc2)cc1. The molecule has 8 heteroatoms. The second-order valence-electron chi connectivity index (χ2n) is 6.97. The van der Waals surface area contributed by atoms with E-state index in [1.807, 2.05) is 6.92 Å². The van der Waals surface area contributed by atoms with Gasteiger partial charge in [-0.3, -0.25) is 9.59 Å². The number of esters is 1. The minimum Gasteiger partial charge on any atom is -0.494 e. The molecule has 8 nitrogen and oxygen atoms in total. The molecular weight excluding hydrogens is 424 g/mol. The van der Waals surface area contributed by atoms with Crippen LogP contribution in [-0.2, 0) is 16.1 Å². The lowest BCUT2D eigenvalue weighted by Crippen LogP contribution is -2.21. The Labute approximate surface area is 191 Å². The van der Waals surface area contributed by atoms with Crippen molar-refractivity contribution in [3.05, 3.63) is 89.5 Å². The van der Waals surface area contributed by atoms with E-state index in [1.54, 1.807) is 60.7 Å². The number of hydrogen-bond donors (Lipinski definition) is 3. The highest BCUT2D eigenvalue weighted by atomic mass is 16.5. The molecule has 0 aliphatic rings. The van der Waals surface area contributed by atoms with E-state index in [2.05, 4.69) is 10.6 Å². The number of carbonyl (C=O) groups excluding carboxylic acids is 3. The smallest absolute Gasteiger partial charge is 0.338 e. The standard InChI is InChI=1S/C25H24N2O6/c1-2-32-22-13-11-21(12-14-22)27-24(30)18-7-9-20(10-8-18)26-23(29)16-33-25(31)19-5-3-17(15-28)4-6-19/h3-14,28H,2,15-16H2,1H3,(H,26,29)(H,27,30). The average Bonchev–Trinajstić information content (AvgIpc) is 2.84. The first-order chi connectivity index (χ1) is 16.0. The lowest BCUT2D eigenvalue weighted by Gasteiger charge is -2.09. The summed E-state index contributed by atoms with van der Waals surface area (Å²) >= 11 is 0. The highest BCUT2D eigenvalue weighted by Gasteiger charge is 2.11. The molecule has 0 heterocycles. The number of ether oxygens (including phenoxy) is 2. The van der Waals surface area contributed by atoms with Gasteiger partial charge in [-0.1, -0.05) is 12.1 Å². The van der Waals surface area contributed by atoms with Gasteiger partial charge < -0.3 is 25.2 Å². The van der Waals surface area contributed by atoms with Crippen molar-refractivity contribution >= 4 is 29.2 Å². The van der Waals surface area contributed by atoms with Crippen LogP contribution < -0.4 is 15.4 Å². The Morgan fingerprint density at radius 3 is 1.97 bits per heavy atom. The van der Waals surface area contributed by atoms with Crippen molar-refractivity contribution in [3.8, 4) is 5.75 Å². The summed E-state index contributed by atoms with van der Waals surface area (Å²) in [5.41, 5.74) is 2.46. The molecule has 0 spiro atoms. The maximum atomic E-state index is 12.4. The van der Waals surface area contributed by atoms with Gasteiger partial charge in [-0.05, 0) is 73.2 Å². The largest absolute Gasteiger partial charge is 0.494 e. The Morgan fingerprint density at radius 1 is 0.788 bits per heavy atom. The Balaban J connectivity index is 1.48. The van der Waals surface area contributed by atoms with Crippen molar-refractivity contribution in [2.45, 2.75) is 13.5 Å². The number of rotatable bonds is 9. The molecule has 0 aromatic heterocycles. The van der Waals surface area contributed by atoms with Gasteiger partial charge in [0.15, 0.2) is 6.61 Å². The van der Waals surface area contributed by atoms with E-state index in [1.165, 1.54) is 12.1 Å². The minimum absolute atomic E-state index is 0.125. The third-order valence-corrected chi connectivity index (χ3v) is 4.56. The zero-order valence-corrected chi connectivity index (χ0v) is 18.0. The van der Waals surface area contributed by atoms with Crippen molar-refractivity contribution in [3.63, 3.8) is 0 Å². The molecule has 0 radical (unpaired) electrons. The molecule has 0 bridgehead atoms. The Kier molecular flexibility index (Phi) is 8.15. The van der Waals surface area contributed by atoms with Gasteiger partial charge in [0.1, 0.15) is 5.75 Å². The lowest BCUT2D eigenvalue weighted by atomic mass is 10.1. The van der Waals surface area contributed by atoms with Gasteiger partial charge in [0.2, 0.25) is 0 Å². The van der Waals surface area contributed by atoms with Gasteiger partial charge in [0, 0.05) is 16.9 Å².